The van der Waals surface area contributed by atoms with E-state index in [0.717, 1.165) is 38.0 Å². The third-order valence-corrected chi connectivity index (χ3v) is 3.91. The van der Waals surface area contributed by atoms with Gasteiger partial charge in [0.05, 0.1) is 5.60 Å². The van der Waals surface area contributed by atoms with Crippen molar-refractivity contribution < 1.29 is 9.84 Å². The molecule has 1 aromatic rings. The number of aliphatic hydroxyl groups is 1. The molecular weight excluding hydrogens is 238 g/mol. The van der Waals surface area contributed by atoms with Gasteiger partial charge >= 0.3 is 0 Å². The molecule has 1 unspecified atom stereocenters. The smallest absolute Gasteiger partial charge is 0.119 e. The van der Waals surface area contributed by atoms with Gasteiger partial charge in [0.15, 0.2) is 0 Å². The van der Waals surface area contributed by atoms with Crippen molar-refractivity contribution in [2.24, 2.45) is 0 Å². The highest BCUT2D eigenvalue weighted by molar-refractivity contribution is 5.30. The lowest BCUT2D eigenvalue weighted by Crippen LogP contribution is -2.32. The molecule has 1 fully saturated rings. The standard InChI is InChI=1S/C16H25NO2/c1-3-17-13(2)14-7-6-8-15(11-14)19-12-16(18)9-4-5-10-16/h6-8,11,13,17-18H,3-5,9-10,12H2,1-2H3. The molecule has 0 spiro atoms. The first-order valence-corrected chi connectivity index (χ1v) is 7.31. The lowest BCUT2D eigenvalue weighted by Gasteiger charge is -2.22. The normalized spacial score (nSPS) is 19.3. The van der Waals surface area contributed by atoms with Crippen LogP contribution in [0.25, 0.3) is 0 Å². The largest absolute Gasteiger partial charge is 0.491 e. The summed E-state index contributed by atoms with van der Waals surface area (Å²) in [5.41, 5.74) is 0.612. The van der Waals surface area contributed by atoms with Crippen molar-refractivity contribution in [2.45, 2.75) is 51.2 Å². The van der Waals surface area contributed by atoms with Crippen molar-refractivity contribution in [1.29, 1.82) is 0 Å². The maximum Gasteiger partial charge on any atom is 0.119 e. The lowest BCUT2D eigenvalue weighted by atomic mass is 10.0. The van der Waals surface area contributed by atoms with Crippen molar-refractivity contribution in [2.75, 3.05) is 13.2 Å². The third-order valence-electron chi connectivity index (χ3n) is 3.91. The van der Waals surface area contributed by atoms with Crippen LogP contribution in [-0.2, 0) is 0 Å². The Morgan fingerprint density at radius 3 is 2.79 bits per heavy atom. The molecule has 3 heteroatoms. The van der Waals surface area contributed by atoms with Crippen LogP contribution in [0.1, 0.15) is 51.1 Å². The molecule has 1 atom stereocenters. The van der Waals surface area contributed by atoms with Crippen molar-refractivity contribution in [3.8, 4) is 5.75 Å². The highest BCUT2D eigenvalue weighted by Gasteiger charge is 2.31. The predicted octanol–water partition coefficient (Wildman–Crippen LogP) is 3.04. The zero-order valence-electron chi connectivity index (χ0n) is 12.0. The summed E-state index contributed by atoms with van der Waals surface area (Å²) in [4.78, 5) is 0. The van der Waals surface area contributed by atoms with Crippen LogP contribution in [0.2, 0.25) is 0 Å². The lowest BCUT2D eigenvalue weighted by molar-refractivity contribution is 0.00138. The van der Waals surface area contributed by atoms with E-state index in [4.69, 9.17) is 4.74 Å². The van der Waals surface area contributed by atoms with E-state index in [1.54, 1.807) is 0 Å². The Hall–Kier alpha value is -1.06. The maximum absolute atomic E-state index is 10.3. The number of hydrogen-bond acceptors (Lipinski definition) is 3. The molecule has 0 saturated heterocycles. The van der Waals surface area contributed by atoms with Crippen LogP contribution in [0.15, 0.2) is 24.3 Å². The average molecular weight is 263 g/mol. The van der Waals surface area contributed by atoms with Gasteiger partial charge in [-0.15, -0.1) is 0 Å². The molecule has 19 heavy (non-hydrogen) atoms. The van der Waals surface area contributed by atoms with Gasteiger partial charge in [-0.25, -0.2) is 0 Å². The SMILES string of the molecule is CCNC(C)c1cccc(OCC2(O)CCCC2)c1. The molecule has 0 radical (unpaired) electrons. The molecule has 0 amide bonds. The summed E-state index contributed by atoms with van der Waals surface area (Å²) in [7, 11) is 0. The minimum absolute atomic E-state index is 0.322. The monoisotopic (exact) mass is 263 g/mol. The number of rotatable bonds is 6. The number of benzene rings is 1. The third kappa shape index (κ3) is 3.95. The van der Waals surface area contributed by atoms with Crippen molar-refractivity contribution >= 4 is 0 Å². The Morgan fingerprint density at radius 1 is 1.37 bits per heavy atom. The minimum atomic E-state index is -0.608. The summed E-state index contributed by atoms with van der Waals surface area (Å²) in [6.45, 7) is 5.61. The van der Waals surface area contributed by atoms with Crippen molar-refractivity contribution in [3.05, 3.63) is 29.8 Å². The molecule has 2 rings (SSSR count). The fraction of sp³-hybridized carbons (Fsp3) is 0.625. The van der Waals surface area contributed by atoms with E-state index in [2.05, 4.69) is 31.3 Å². The predicted molar refractivity (Wildman–Crippen MR) is 77.4 cm³/mol. The van der Waals surface area contributed by atoms with Gasteiger partial charge in [-0.3, -0.25) is 0 Å². The molecule has 1 aliphatic carbocycles. The van der Waals surface area contributed by atoms with E-state index < -0.39 is 5.60 Å². The first-order valence-electron chi connectivity index (χ1n) is 7.31. The Balaban J connectivity index is 1.95. The average Bonchev–Trinajstić information content (AvgIpc) is 2.85. The fourth-order valence-electron chi connectivity index (χ4n) is 2.69. The van der Waals surface area contributed by atoms with Crippen LogP contribution in [-0.4, -0.2) is 23.9 Å². The summed E-state index contributed by atoms with van der Waals surface area (Å²) in [6.07, 6.45) is 3.94. The second-order valence-electron chi connectivity index (χ2n) is 5.57. The van der Waals surface area contributed by atoms with E-state index in [1.807, 2.05) is 12.1 Å². The number of hydrogen-bond donors (Lipinski definition) is 2. The number of ether oxygens (including phenoxy) is 1. The second-order valence-corrected chi connectivity index (χ2v) is 5.57. The van der Waals surface area contributed by atoms with E-state index in [0.29, 0.717) is 12.6 Å². The molecule has 3 nitrogen and oxygen atoms in total. The molecule has 1 aliphatic rings. The van der Waals surface area contributed by atoms with Gasteiger partial charge in [0, 0.05) is 6.04 Å². The summed E-state index contributed by atoms with van der Waals surface area (Å²) >= 11 is 0. The maximum atomic E-state index is 10.3. The summed E-state index contributed by atoms with van der Waals surface area (Å²) in [6, 6.07) is 8.46. The molecule has 0 aliphatic heterocycles. The molecule has 1 saturated carbocycles. The molecule has 0 bridgehead atoms. The topological polar surface area (TPSA) is 41.5 Å². The van der Waals surface area contributed by atoms with Crippen LogP contribution in [0, 0.1) is 0 Å². The van der Waals surface area contributed by atoms with Gasteiger partial charge in [0.25, 0.3) is 0 Å². The van der Waals surface area contributed by atoms with Gasteiger partial charge < -0.3 is 15.2 Å². The van der Waals surface area contributed by atoms with Crippen LogP contribution in [0.4, 0.5) is 0 Å². The summed E-state index contributed by atoms with van der Waals surface area (Å²) in [5.74, 6) is 0.850. The molecule has 106 valence electrons. The zero-order chi connectivity index (χ0) is 13.7. The van der Waals surface area contributed by atoms with Gasteiger partial charge in [0.1, 0.15) is 12.4 Å². The van der Waals surface area contributed by atoms with E-state index >= 15 is 0 Å². The Morgan fingerprint density at radius 2 is 2.11 bits per heavy atom. The quantitative estimate of drug-likeness (QED) is 0.829. The molecule has 0 heterocycles. The van der Waals surface area contributed by atoms with Crippen molar-refractivity contribution in [1.82, 2.24) is 5.32 Å². The second kappa shape index (κ2) is 6.40. The van der Waals surface area contributed by atoms with Crippen LogP contribution in [0.3, 0.4) is 0 Å². The van der Waals surface area contributed by atoms with Gasteiger partial charge in [-0.2, -0.15) is 0 Å². The van der Waals surface area contributed by atoms with E-state index in [-0.39, 0.29) is 0 Å². The van der Waals surface area contributed by atoms with Crippen LogP contribution in [0.5, 0.6) is 5.75 Å². The first-order chi connectivity index (χ1) is 9.13. The van der Waals surface area contributed by atoms with Crippen LogP contribution < -0.4 is 10.1 Å². The fourth-order valence-corrected chi connectivity index (χ4v) is 2.69. The Bertz CT molecular complexity index is 399. The highest BCUT2D eigenvalue weighted by Crippen LogP contribution is 2.30. The minimum Gasteiger partial charge on any atom is -0.491 e. The van der Waals surface area contributed by atoms with Gasteiger partial charge in [-0.05, 0) is 44.0 Å². The van der Waals surface area contributed by atoms with Crippen LogP contribution >= 0.6 is 0 Å². The van der Waals surface area contributed by atoms with Gasteiger partial charge in [-0.1, -0.05) is 31.9 Å². The number of nitrogens with one attached hydrogen (secondary N) is 1. The summed E-state index contributed by atoms with van der Waals surface area (Å²) < 4.78 is 5.78. The van der Waals surface area contributed by atoms with Crippen molar-refractivity contribution in [3.63, 3.8) is 0 Å². The van der Waals surface area contributed by atoms with E-state index in [9.17, 15) is 5.11 Å². The molecular formula is C16H25NO2. The van der Waals surface area contributed by atoms with Gasteiger partial charge in [0.2, 0.25) is 0 Å². The molecule has 1 aromatic carbocycles. The van der Waals surface area contributed by atoms with E-state index in [1.165, 1.54) is 5.56 Å². The Labute approximate surface area is 116 Å². The Kier molecular flexibility index (Phi) is 4.83. The molecule has 2 N–H and O–H groups in total. The zero-order valence-corrected chi connectivity index (χ0v) is 12.0. The summed E-state index contributed by atoms with van der Waals surface area (Å²) in [5, 5.41) is 13.7. The first kappa shape index (κ1) is 14.4. The molecule has 0 aromatic heterocycles. The highest BCUT2D eigenvalue weighted by atomic mass is 16.5.